The molecule has 3 rings (SSSR count). The van der Waals surface area contributed by atoms with Gasteiger partial charge in [-0.15, -0.1) is 0 Å². The van der Waals surface area contributed by atoms with Crippen LogP contribution in [-0.2, 0) is 0 Å². The smallest absolute Gasteiger partial charge is 0.0584 e. The van der Waals surface area contributed by atoms with Gasteiger partial charge in [-0.3, -0.25) is 4.98 Å². The van der Waals surface area contributed by atoms with Crippen LogP contribution in [0.25, 0.3) is 10.8 Å². The van der Waals surface area contributed by atoms with Crippen LogP contribution in [0.4, 0.5) is 0 Å². The van der Waals surface area contributed by atoms with E-state index in [2.05, 4.69) is 41.5 Å². The molecule has 21 heavy (non-hydrogen) atoms. The highest BCUT2D eigenvalue weighted by Gasteiger charge is 2.17. The van der Waals surface area contributed by atoms with E-state index in [1.54, 1.807) is 0 Å². The summed E-state index contributed by atoms with van der Waals surface area (Å²) in [5.74, 6) is 0. The fourth-order valence-corrected chi connectivity index (χ4v) is 2.99. The molecule has 0 saturated carbocycles. The van der Waals surface area contributed by atoms with E-state index in [0.717, 1.165) is 10.6 Å². The first-order valence-electron chi connectivity index (χ1n) is 6.97. The molecule has 0 aliphatic rings. The highest BCUT2D eigenvalue weighted by atomic mass is 35.5. The molecule has 0 amide bonds. The number of hydrogen-bond acceptors (Lipinski definition) is 2. The monoisotopic (exact) mass is 296 g/mol. The number of benzene rings is 2. The largest absolute Gasteiger partial charge is 0.309 e. The minimum absolute atomic E-state index is 0.0941. The Kier molecular flexibility index (Phi) is 3.91. The molecule has 0 aliphatic carbocycles. The lowest BCUT2D eigenvalue weighted by molar-refractivity contribution is 0.692. The zero-order chi connectivity index (χ0) is 14.8. The van der Waals surface area contributed by atoms with Gasteiger partial charge in [0.1, 0.15) is 0 Å². The maximum Gasteiger partial charge on any atom is 0.0584 e. The molecule has 0 spiro atoms. The molecule has 106 valence electrons. The van der Waals surface area contributed by atoms with Gasteiger partial charge in [0.05, 0.1) is 6.04 Å². The van der Waals surface area contributed by atoms with Crippen LogP contribution in [0, 0.1) is 6.92 Å². The third-order valence-electron chi connectivity index (χ3n) is 3.94. The van der Waals surface area contributed by atoms with Crippen molar-refractivity contribution in [3.05, 3.63) is 76.6 Å². The molecule has 0 aliphatic heterocycles. The number of rotatable bonds is 3. The molecule has 1 atom stereocenters. The first-order valence-corrected chi connectivity index (χ1v) is 7.35. The molecule has 0 bridgehead atoms. The topological polar surface area (TPSA) is 24.9 Å². The first kappa shape index (κ1) is 14.1. The first-order chi connectivity index (χ1) is 10.2. The van der Waals surface area contributed by atoms with E-state index in [-0.39, 0.29) is 6.04 Å². The maximum absolute atomic E-state index is 6.28. The molecule has 2 aromatic carbocycles. The average Bonchev–Trinajstić information content (AvgIpc) is 2.52. The summed E-state index contributed by atoms with van der Waals surface area (Å²) < 4.78 is 0. The van der Waals surface area contributed by atoms with Gasteiger partial charge in [0.15, 0.2) is 0 Å². The molecule has 2 nitrogen and oxygen atoms in total. The van der Waals surface area contributed by atoms with Crippen molar-refractivity contribution in [2.45, 2.75) is 13.0 Å². The van der Waals surface area contributed by atoms with Gasteiger partial charge in [-0.05, 0) is 48.2 Å². The number of hydrogen-bond donors (Lipinski definition) is 1. The molecule has 3 heteroatoms. The van der Waals surface area contributed by atoms with Gasteiger partial charge in [-0.1, -0.05) is 41.9 Å². The number of nitrogens with zero attached hydrogens (tertiary/aromatic N) is 1. The van der Waals surface area contributed by atoms with Crippen LogP contribution in [0.15, 0.2) is 54.9 Å². The van der Waals surface area contributed by atoms with Crippen LogP contribution in [0.5, 0.6) is 0 Å². The minimum atomic E-state index is 0.0941. The number of aromatic nitrogens is 1. The van der Waals surface area contributed by atoms with Crippen molar-refractivity contribution in [1.82, 2.24) is 10.3 Å². The van der Waals surface area contributed by atoms with Crippen molar-refractivity contribution in [3.63, 3.8) is 0 Å². The van der Waals surface area contributed by atoms with Gasteiger partial charge >= 0.3 is 0 Å². The van der Waals surface area contributed by atoms with Gasteiger partial charge in [0.2, 0.25) is 0 Å². The van der Waals surface area contributed by atoms with E-state index in [0.29, 0.717) is 0 Å². The second kappa shape index (κ2) is 5.84. The predicted octanol–water partition coefficient (Wildman–Crippen LogP) is 4.51. The van der Waals surface area contributed by atoms with Crippen LogP contribution in [0.3, 0.4) is 0 Å². The Balaban J connectivity index is 2.21. The van der Waals surface area contributed by atoms with E-state index in [9.17, 15) is 0 Å². The van der Waals surface area contributed by atoms with Gasteiger partial charge in [-0.2, -0.15) is 0 Å². The van der Waals surface area contributed by atoms with Crippen LogP contribution < -0.4 is 5.32 Å². The molecular weight excluding hydrogens is 280 g/mol. The summed E-state index contributed by atoms with van der Waals surface area (Å²) in [4.78, 5) is 4.27. The molecule has 1 unspecified atom stereocenters. The summed E-state index contributed by atoms with van der Waals surface area (Å²) in [6, 6.07) is 14.5. The molecular formula is C18H17ClN2. The summed E-state index contributed by atoms with van der Waals surface area (Å²) in [5, 5.41) is 6.57. The Morgan fingerprint density at radius 1 is 1.05 bits per heavy atom. The summed E-state index contributed by atoms with van der Waals surface area (Å²) >= 11 is 6.28. The lowest BCUT2D eigenvalue weighted by Crippen LogP contribution is -2.19. The zero-order valence-corrected chi connectivity index (χ0v) is 12.9. The van der Waals surface area contributed by atoms with Crippen LogP contribution in [0.1, 0.15) is 22.7 Å². The molecule has 1 N–H and O–H groups in total. The maximum atomic E-state index is 6.28. The number of nitrogens with one attached hydrogen (secondary N) is 1. The molecule has 0 fully saturated rings. The van der Waals surface area contributed by atoms with E-state index in [1.807, 2.05) is 37.6 Å². The zero-order valence-electron chi connectivity index (χ0n) is 12.1. The van der Waals surface area contributed by atoms with E-state index in [1.165, 1.54) is 21.9 Å². The standard InChI is InChI=1S/C18H17ClN2/c1-12-14(6-4-8-17(12)19)18(20-2)15-7-3-5-13-9-10-21-11-16(13)15/h3-11,18,20H,1-2H3. The second-order valence-corrected chi connectivity index (χ2v) is 5.53. The number of pyridine rings is 1. The van der Waals surface area contributed by atoms with Gasteiger partial charge in [-0.25, -0.2) is 0 Å². The third kappa shape index (κ3) is 2.53. The normalized spacial score (nSPS) is 12.5. The predicted molar refractivity (Wildman–Crippen MR) is 88.8 cm³/mol. The molecule has 1 heterocycles. The summed E-state index contributed by atoms with van der Waals surface area (Å²) in [5.41, 5.74) is 3.52. The van der Waals surface area contributed by atoms with Crippen molar-refractivity contribution in [1.29, 1.82) is 0 Å². The molecule has 3 aromatic rings. The highest BCUT2D eigenvalue weighted by molar-refractivity contribution is 6.31. The number of halogens is 1. The van der Waals surface area contributed by atoms with Crippen molar-refractivity contribution in [2.24, 2.45) is 0 Å². The van der Waals surface area contributed by atoms with Gasteiger partial charge < -0.3 is 5.32 Å². The van der Waals surface area contributed by atoms with E-state index >= 15 is 0 Å². The fraction of sp³-hybridized carbons (Fsp3) is 0.167. The molecule has 0 radical (unpaired) electrons. The van der Waals surface area contributed by atoms with Crippen molar-refractivity contribution < 1.29 is 0 Å². The second-order valence-electron chi connectivity index (χ2n) is 5.12. The average molecular weight is 297 g/mol. The van der Waals surface area contributed by atoms with Gasteiger partial charge in [0, 0.05) is 22.8 Å². The number of fused-ring (bicyclic) bond motifs is 1. The minimum Gasteiger partial charge on any atom is -0.309 e. The van der Waals surface area contributed by atoms with Crippen LogP contribution >= 0.6 is 11.6 Å². The molecule has 1 aromatic heterocycles. The Morgan fingerprint density at radius 2 is 1.81 bits per heavy atom. The fourth-order valence-electron chi connectivity index (χ4n) is 2.80. The van der Waals surface area contributed by atoms with Gasteiger partial charge in [0.25, 0.3) is 0 Å². The van der Waals surface area contributed by atoms with E-state index < -0.39 is 0 Å². The Hall–Kier alpha value is -1.90. The Bertz CT molecular complexity index is 778. The Morgan fingerprint density at radius 3 is 2.62 bits per heavy atom. The lowest BCUT2D eigenvalue weighted by Gasteiger charge is -2.21. The summed E-state index contributed by atoms with van der Waals surface area (Å²) in [7, 11) is 1.97. The van der Waals surface area contributed by atoms with Crippen molar-refractivity contribution >= 4 is 22.4 Å². The lowest BCUT2D eigenvalue weighted by atomic mass is 9.92. The van der Waals surface area contributed by atoms with Crippen molar-refractivity contribution in [2.75, 3.05) is 7.05 Å². The van der Waals surface area contributed by atoms with Crippen LogP contribution in [-0.4, -0.2) is 12.0 Å². The Labute approximate surface area is 129 Å². The summed E-state index contributed by atoms with van der Waals surface area (Å²) in [6.07, 6.45) is 3.75. The van der Waals surface area contributed by atoms with Crippen molar-refractivity contribution in [3.8, 4) is 0 Å². The van der Waals surface area contributed by atoms with E-state index in [4.69, 9.17) is 11.6 Å². The highest BCUT2D eigenvalue weighted by Crippen LogP contribution is 2.32. The summed E-state index contributed by atoms with van der Waals surface area (Å²) in [6.45, 7) is 2.06. The van der Waals surface area contributed by atoms with Crippen LogP contribution in [0.2, 0.25) is 5.02 Å². The SMILES string of the molecule is CNC(c1cccc(Cl)c1C)c1cccc2ccncc12. The molecule has 0 saturated heterocycles. The quantitative estimate of drug-likeness (QED) is 0.769. The third-order valence-corrected chi connectivity index (χ3v) is 4.35.